The third-order valence-corrected chi connectivity index (χ3v) is 5.40. The molecule has 2 aromatic rings. The lowest BCUT2D eigenvalue weighted by atomic mass is 10.1. The summed E-state index contributed by atoms with van der Waals surface area (Å²) in [6.07, 6.45) is 2.37. The Morgan fingerprint density at radius 1 is 1.25 bits per heavy atom. The van der Waals surface area contributed by atoms with Crippen LogP contribution in [0.3, 0.4) is 0 Å². The van der Waals surface area contributed by atoms with Crippen LogP contribution in [0.1, 0.15) is 34.7 Å². The van der Waals surface area contributed by atoms with Crippen molar-refractivity contribution in [2.45, 2.75) is 46.1 Å². The van der Waals surface area contributed by atoms with Crippen LogP contribution in [0.2, 0.25) is 0 Å². The van der Waals surface area contributed by atoms with Crippen LogP contribution in [-0.2, 0) is 11.2 Å². The number of carbonyl (C=O) groups is 1. The fourth-order valence-corrected chi connectivity index (χ4v) is 3.57. The predicted octanol–water partition coefficient (Wildman–Crippen LogP) is 3.68. The number of rotatable bonds is 4. The Kier molecular flexibility index (Phi) is 5.19. The SMILES string of the molecule is Cc1nc(CC(=O)N2CCC(Oc3ccc(C)c(C)c3)CC2)cs1. The lowest BCUT2D eigenvalue weighted by Crippen LogP contribution is -2.42. The van der Waals surface area contributed by atoms with Gasteiger partial charge in [-0.1, -0.05) is 6.07 Å². The van der Waals surface area contributed by atoms with E-state index in [-0.39, 0.29) is 12.0 Å². The van der Waals surface area contributed by atoms with Crippen molar-refractivity contribution in [1.29, 1.82) is 0 Å². The Labute approximate surface area is 147 Å². The molecule has 1 saturated heterocycles. The van der Waals surface area contributed by atoms with E-state index in [0.29, 0.717) is 6.42 Å². The van der Waals surface area contributed by atoms with Gasteiger partial charge in [0.05, 0.1) is 17.1 Å². The number of benzene rings is 1. The van der Waals surface area contributed by atoms with E-state index < -0.39 is 0 Å². The Bertz CT molecular complexity index is 718. The maximum absolute atomic E-state index is 12.4. The van der Waals surface area contributed by atoms with Crippen molar-refractivity contribution >= 4 is 17.2 Å². The van der Waals surface area contributed by atoms with Gasteiger partial charge in [0.1, 0.15) is 11.9 Å². The maximum atomic E-state index is 12.4. The molecule has 1 aliphatic rings. The topological polar surface area (TPSA) is 42.4 Å². The zero-order chi connectivity index (χ0) is 17.1. The van der Waals surface area contributed by atoms with Crippen LogP contribution in [0.15, 0.2) is 23.6 Å². The van der Waals surface area contributed by atoms with Gasteiger partial charge in [-0.3, -0.25) is 4.79 Å². The molecular formula is C19H24N2O2S. The number of likely N-dealkylation sites (tertiary alicyclic amines) is 1. The monoisotopic (exact) mass is 344 g/mol. The molecular weight excluding hydrogens is 320 g/mol. The predicted molar refractivity (Wildman–Crippen MR) is 96.7 cm³/mol. The third-order valence-electron chi connectivity index (χ3n) is 4.57. The number of aryl methyl sites for hydroxylation is 3. The summed E-state index contributed by atoms with van der Waals surface area (Å²) in [5.74, 6) is 1.10. The molecule has 0 spiro atoms. The summed E-state index contributed by atoms with van der Waals surface area (Å²) in [6, 6.07) is 6.22. The standard InChI is InChI=1S/C19H24N2O2S/c1-13-4-5-18(10-14(13)2)23-17-6-8-21(9-7-17)19(22)11-16-12-24-15(3)20-16/h4-5,10,12,17H,6-9,11H2,1-3H3. The average molecular weight is 344 g/mol. The van der Waals surface area contributed by atoms with Gasteiger partial charge in [0.25, 0.3) is 0 Å². The number of thiazole rings is 1. The Balaban J connectivity index is 1.50. The molecule has 1 aliphatic heterocycles. The van der Waals surface area contributed by atoms with Crippen LogP contribution in [0.25, 0.3) is 0 Å². The van der Waals surface area contributed by atoms with Crippen molar-refractivity contribution < 1.29 is 9.53 Å². The molecule has 0 unspecified atom stereocenters. The zero-order valence-electron chi connectivity index (χ0n) is 14.5. The normalized spacial score (nSPS) is 15.5. The minimum absolute atomic E-state index is 0.171. The fraction of sp³-hybridized carbons (Fsp3) is 0.474. The summed E-state index contributed by atoms with van der Waals surface area (Å²) in [5, 5.41) is 2.99. The first-order valence-corrected chi connectivity index (χ1v) is 9.32. The molecule has 2 heterocycles. The van der Waals surface area contributed by atoms with Gasteiger partial charge in [-0.15, -0.1) is 11.3 Å². The summed E-state index contributed by atoms with van der Waals surface area (Å²) >= 11 is 1.59. The number of piperidine rings is 1. The maximum Gasteiger partial charge on any atom is 0.228 e. The molecule has 0 saturated carbocycles. The van der Waals surface area contributed by atoms with Gasteiger partial charge < -0.3 is 9.64 Å². The van der Waals surface area contributed by atoms with Crippen molar-refractivity contribution in [2.75, 3.05) is 13.1 Å². The van der Waals surface area contributed by atoms with Crippen LogP contribution >= 0.6 is 11.3 Å². The van der Waals surface area contributed by atoms with Crippen molar-refractivity contribution in [1.82, 2.24) is 9.88 Å². The van der Waals surface area contributed by atoms with Gasteiger partial charge in [-0.05, 0) is 44.0 Å². The highest BCUT2D eigenvalue weighted by atomic mass is 32.1. The Morgan fingerprint density at radius 3 is 2.62 bits per heavy atom. The smallest absolute Gasteiger partial charge is 0.228 e. The molecule has 24 heavy (non-hydrogen) atoms. The molecule has 0 aliphatic carbocycles. The van der Waals surface area contributed by atoms with Crippen molar-refractivity contribution in [3.8, 4) is 5.75 Å². The molecule has 5 heteroatoms. The number of amides is 1. The molecule has 1 aromatic heterocycles. The van der Waals surface area contributed by atoms with E-state index >= 15 is 0 Å². The largest absolute Gasteiger partial charge is 0.490 e. The number of hydrogen-bond acceptors (Lipinski definition) is 4. The lowest BCUT2D eigenvalue weighted by molar-refractivity contribution is -0.132. The summed E-state index contributed by atoms with van der Waals surface area (Å²) in [4.78, 5) is 18.7. The van der Waals surface area contributed by atoms with Crippen LogP contribution in [0.5, 0.6) is 5.75 Å². The van der Waals surface area contributed by atoms with Crippen molar-refractivity contribution in [3.63, 3.8) is 0 Å². The van der Waals surface area contributed by atoms with Gasteiger partial charge in [0.2, 0.25) is 5.91 Å². The Morgan fingerprint density at radius 2 is 2.00 bits per heavy atom. The third kappa shape index (κ3) is 4.15. The molecule has 128 valence electrons. The first-order chi connectivity index (χ1) is 11.5. The quantitative estimate of drug-likeness (QED) is 0.850. The highest BCUT2D eigenvalue weighted by molar-refractivity contribution is 7.09. The van der Waals surface area contributed by atoms with E-state index in [9.17, 15) is 4.79 Å². The van der Waals surface area contributed by atoms with E-state index in [0.717, 1.165) is 42.4 Å². The van der Waals surface area contributed by atoms with Crippen LogP contribution in [0, 0.1) is 20.8 Å². The number of carbonyl (C=O) groups excluding carboxylic acids is 1. The highest BCUT2D eigenvalue weighted by Crippen LogP contribution is 2.22. The van der Waals surface area contributed by atoms with Crippen LogP contribution in [0.4, 0.5) is 0 Å². The zero-order valence-corrected chi connectivity index (χ0v) is 15.4. The van der Waals surface area contributed by atoms with Crippen LogP contribution in [-0.4, -0.2) is 35.0 Å². The van der Waals surface area contributed by atoms with Gasteiger partial charge in [0.15, 0.2) is 0 Å². The Hall–Kier alpha value is -1.88. The molecule has 0 radical (unpaired) electrons. The lowest BCUT2D eigenvalue weighted by Gasteiger charge is -2.32. The first kappa shape index (κ1) is 17.0. The van der Waals surface area contributed by atoms with E-state index in [4.69, 9.17) is 4.74 Å². The van der Waals surface area contributed by atoms with Gasteiger partial charge in [-0.25, -0.2) is 4.98 Å². The van der Waals surface area contributed by atoms with E-state index in [1.54, 1.807) is 11.3 Å². The minimum Gasteiger partial charge on any atom is -0.490 e. The van der Waals surface area contributed by atoms with Gasteiger partial charge in [0, 0.05) is 31.3 Å². The summed E-state index contributed by atoms with van der Waals surface area (Å²) in [6.45, 7) is 7.69. The van der Waals surface area contributed by atoms with Crippen LogP contribution < -0.4 is 4.74 Å². The highest BCUT2D eigenvalue weighted by Gasteiger charge is 2.24. The van der Waals surface area contributed by atoms with Gasteiger partial charge in [-0.2, -0.15) is 0 Å². The molecule has 1 aromatic carbocycles. The molecule has 0 bridgehead atoms. The second kappa shape index (κ2) is 7.34. The van der Waals surface area contributed by atoms with E-state index in [1.807, 2.05) is 23.3 Å². The summed E-state index contributed by atoms with van der Waals surface area (Å²) < 4.78 is 6.09. The minimum atomic E-state index is 0.171. The molecule has 1 amide bonds. The first-order valence-electron chi connectivity index (χ1n) is 8.44. The number of hydrogen-bond donors (Lipinski definition) is 0. The fourth-order valence-electron chi connectivity index (χ4n) is 2.96. The number of ether oxygens (including phenoxy) is 1. The summed E-state index contributed by atoms with van der Waals surface area (Å²) in [5.41, 5.74) is 3.41. The number of nitrogens with zero attached hydrogens (tertiary/aromatic N) is 2. The molecule has 3 rings (SSSR count). The molecule has 0 atom stereocenters. The van der Waals surface area contributed by atoms with E-state index in [1.165, 1.54) is 11.1 Å². The second-order valence-corrected chi connectivity index (χ2v) is 7.54. The van der Waals surface area contributed by atoms with E-state index in [2.05, 4.69) is 31.0 Å². The average Bonchev–Trinajstić information content (AvgIpc) is 2.96. The summed E-state index contributed by atoms with van der Waals surface area (Å²) in [7, 11) is 0. The van der Waals surface area contributed by atoms with Crippen molar-refractivity contribution in [2.24, 2.45) is 0 Å². The van der Waals surface area contributed by atoms with Gasteiger partial charge >= 0.3 is 0 Å². The molecule has 4 nitrogen and oxygen atoms in total. The van der Waals surface area contributed by atoms with Crippen molar-refractivity contribution in [3.05, 3.63) is 45.4 Å². The number of aromatic nitrogens is 1. The molecule has 0 N–H and O–H groups in total. The molecule has 1 fully saturated rings. The second-order valence-electron chi connectivity index (χ2n) is 6.48.